The van der Waals surface area contributed by atoms with Crippen LogP contribution in [0.1, 0.15) is 59.8 Å². The van der Waals surface area contributed by atoms with Crippen molar-refractivity contribution in [2.24, 2.45) is 0 Å². The number of aromatic nitrogens is 2. The fourth-order valence-electron chi connectivity index (χ4n) is 5.71. The van der Waals surface area contributed by atoms with Gasteiger partial charge in [0.2, 0.25) is 5.91 Å². The molecule has 2 heterocycles. The maximum absolute atomic E-state index is 13.8. The molecule has 1 aliphatic carbocycles. The van der Waals surface area contributed by atoms with Gasteiger partial charge in [0.25, 0.3) is 5.91 Å². The average Bonchev–Trinajstić information content (AvgIpc) is 3.26. The Bertz CT molecular complexity index is 1130. The number of carbonyl (C=O) groups is 2. The molecule has 33 heavy (non-hydrogen) atoms. The minimum absolute atomic E-state index is 0.00545. The first kappa shape index (κ1) is 21.6. The average molecular weight is 447 g/mol. The highest BCUT2D eigenvalue weighted by atomic mass is 16.5. The van der Waals surface area contributed by atoms with Crippen LogP contribution < -0.4 is 5.32 Å². The Balaban J connectivity index is 1.49. The molecule has 0 unspecified atom stereocenters. The normalized spacial score (nSPS) is 19.6. The van der Waals surface area contributed by atoms with Crippen LogP contribution in [0.15, 0.2) is 48.5 Å². The quantitative estimate of drug-likeness (QED) is 0.603. The van der Waals surface area contributed by atoms with E-state index in [4.69, 9.17) is 4.74 Å². The van der Waals surface area contributed by atoms with Gasteiger partial charge in [0.1, 0.15) is 5.82 Å². The Kier molecular flexibility index (Phi) is 5.89. The van der Waals surface area contributed by atoms with Crippen LogP contribution in [0, 0.1) is 0 Å². The Labute approximate surface area is 193 Å². The smallest absolute Gasteiger partial charge is 0.254 e. The van der Waals surface area contributed by atoms with Gasteiger partial charge in [-0.05, 0) is 36.6 Å². The Morgan fingerprint density at radius 3 is 2.70 bits per heavy atom. The number of aromatic amines is 1. The van der Waals surface area contributed by atoms with E-state index in [0.717, 1.165) is 54.5 Å². The number of benzene rings is 2. The predicted octanol–water partition coefficient (Wildman–Crippen LogP) is 3.77. The number of rotatable bonds is 6. The molecule has 1 spiro atoms. The van der Waals surface area contributed by atoms with E-state index >= 15 is 0 Å². The molecule has 5 rings (SSSR count). The maximum atomic E-state index is 13.8. The van der Waals surface area contributed by atoms with Gasteiger partial charge in [-0.1, -0.05) is 49.6 Å². The summed E-state index contributed by atoms with van der Waals surface area (Å²) in [4.78, 5) is 37.2. The third-order valence-electron chi connectivity index (χ3n) is 7.19. The van der Waals surface area contributed by atoms with Crippen molar-refractivity contribution in [3.05, 3.63) is 65.5 Å². The summed E-state index contributed by atoms with van der Waals surface area (Å²) in [6, 6.07) is 15.4. The van der Waals surface area contributed by atoms with Gasteiger partial charge in [-0.25, -0.2) is 4.98 Å². The van der Waals surface area contributed by atoms with E-state index in [-0.39, 0.29) is 11.8 Å². The van der Waals surface area contributed by atoms with Crippen LogP contribution in [-0.2, 0) is 16.1 Å². The van der Waals surface area contributed by atoms with Crippen LogP contribution in [0.3, 0.4) is 0 Å². The lowest BCUT2D eigenvalue weighted by Gasteiger charge is -2.53. The van der Waals surface area contributed by atoms with Gasteiger partial charge in [0.15, 0.2) is 0 Å². The summed E-state index contributed by atoms with van der Waals surface area (Å²) in [6.07, 6.45) is 4.78. The Morgan fingerprint density at radius 2 is 1.91 bits per heavy atom. The minimum Gasteiger partial charge on any atom is -0.383 e. The number of carbonyl (C=O) groups excluding carboxylic acids is 2. The maximum Gasteiger partial charge on any atom is 0.254 e. The molecule has 0 bridgehead atoms. The summed E-state index contributed by atoms with van der Waals surface area (Å²) in [7, 11) is 1.65. The SMILES string of the molecule is COCCN1C(=O)c2ccccc2[C@@H](C(=O)NCc2nc3ccccc3[nH]2)C12CCCCC2. The minimum atomic E-state index is -0.528. The molecule has 7 nitrogen and oxygen atoms in total. The third kappa shape index (κ3) is 3.80. The first-order valence-electron chi connectivity index (χ1n) is 11.8. The zero-order chi connectivity index (χ0) is 22.8. The zero-order valence-corrected chi connectivity index (χ0v) is 19.0. The summed E-state index contributed by atoms with van der Waals surface area (Å²) in [5.74, 6) is 0.247. The largest absolute Gasteiger partial charge is 0.383 e. The van der Waals surface area contributed by atoms with Gasteiger partial charge >= 0.3 is 0 Å². The van der Waals surface area contributed by atoms with Crippen LogP contribution in [0.2, 0.25) is 0 Å². The lowest BCUT2D eigenvalue weighted by Crippen LogP contribution is -2.63. The number of methoxy groups -OCH3 is 1. The molecule has 1 atom stereocenters. The highest BCUT2D eigenvalue weighted by Crippen LogP contribution is 2.49. The Morgan fingerprint density at radius 1 is 1.15 bits per heavy atom. The summed E-state index contributed by atoms with van der Waals surface area (Å²) < 4.78 is 5.34. The monoisotopic (exact) mass is 446 g/mol. The van der Waals surface area contributed by atoms with Crippen molar-refractivity contribution in [2.75, 3.05) is 20.3 Å². The van der Waals surface area contributed by atoms with Gasteiger partial charge in [0.05, 0.1) is 35.6 Å². The predicted molar refractivity (Wildman–Crippen MR) is 126 cm³/mol. The molecular weight excluding hydrogens is 416 g/mol. The van der Waals surface area contributed by atoms with E-state index in [2.05, 4.69) is 15.3 Å². The lowest BCUT2D eigenvalue weighted by molar-refractivity contribution is -0.127. The molecule has 1 aromatic heterocycles. The number of para-hydroxylation sites is 2. The number of fused-ring (bicyclic) bond motifs is 2. The van der Waals surface area contributed by atoms with Crippen molar-refractivity contribution < 1.29 is 14.3 Å². The van der Waals surface area contributed by atoms with Crippen LogP contribution in [0.25, 0.3) is 11.0 Å². The molecule has 1 saturated carbocycles. The zero-order valence-electron chi connectivity index (χ0n) is 19.0. The van der Waals surface area contributed by atoms with Crippen LogP contribution in [0.4, 0.5) is 0 Å². The van der Waals surface area contributed by atoms with Crippen molar-refractivity contribution in [1.82, 2.24) is 20.2 Å². The van der Waals surface area contributed by atoms with Gasteiger partial charge in [-0.3, -0.25) is 9.59 Å². The standard InChI is InChI=1S/C26H30N4O3/c1-33-16-15-30-25(32)19-10-4-3-9-18(19)23(26(30)13-7-2-8-14-26)24(31)27-17-22-28-20-11-5-6-12-21(20)29-22/h3-6,9-12,23H,2,7-8,13-17H2,1H3,(H,27,31)(H,28,29)/t23-/m0/s1. The van der Waals surface area contributed by atoms with E-state index in [1.165, 1.54) is 0 Å². The van der Waals surface area contributed by atoms with E-state index in [1.807, 2.05) is 53.4 Å². The fourth-order valence-corrected chi connectivity index (χ4v) is 5.71. The van der Waals surface area contributed by atoms with Crippen molar-refractivity contribution in [3.8, 4) is 0 Å². The molecule has 2 amide bonds. The van der Waals surface area contributed by atoms with Crippen LogP contribution in [0.5, 0.6) is 0 Å². The van der Waals surface area contributed by atoms with E-state index in [1.54, 1.807) is 7.11 Å². The highest BCUT2D eigenvalue weighted by Gasteiger charge is 2.54. The fraction of sp³-hybridized carbons (Fsp3) is 0.423. The molecule has 0 radical (unpaired) electrons. The van der Waals surface area contributed by atoms with Crippen molar-refractivity contribution in [3.63, 3.8) is 0 Å². The number of nitrogens with zero attached hydrogens (tertiary/aromatic N) is 2. The number of hydrogen-bond donors (Lipinski definition) is 2. The van der Waals surface area contributed by atoms with Gasteiger partial charge in [-0.2, -0.15) is 0 Å². The molecule has 2 aliphatic rings. The number of imidazole rings is 1. The van der Waals surface area contributed by atoms with Crippen molar-refractivity contribution in [2.45, 2.75) is 50.1 Å². The summed E-state index contributed by atoms with van der Waals surface area (Å²) in [6.45, 7) is 1.24. The summed E-state index contributed by atoms with van der Waals surface area (Å²) >= 11 is 0. The molecule has 7 heteroatoms. The number of H-pyrrole nitrogens is 1. The molecule has 2 aromatic carbocycles. The van der Waals surface area contributed by atoms with Gasteiger partial charge in [-0.15, -0.1) is 0 Å². The van der Waals surface area contributed by atoms with E-state index in [9.17, 15) is 9.59 Å². The van der Waals surface area contributed by atoms with Crippen LogP contribution >= 0.6 is 0 Å². The third-order valence-corrected chi connectivity index (χ3v) is 7.19. The topological polar surface area (TPSA) is 87.3 Å². The number of nitrogens with one attached hydrogen (secondary N) is 2. The van der Waals surface area contributed by atoms with E-state index in [0.29, 0.717) is 25.3 Å². The van der Waals surface area contributed by atoms with Crippen molar-refractivity contribution >= 4 is 22.8 Å². The lowest BCUT2D eigenvalue weighted by atomic mass is 9.65. The molecule has 2 N–H and O–H groups in total. The van der Waals surface area contributed by atoms with Crippen molar-refractivity contribution in [1.29, 1.82) is 0 Å². The molecule has 172 valence electrons. The summed E-state index contributed by atoms with van der Waals surface area (Å²) in [5, 5.41) is 3.13. The number of hydrogen-bond acceptors (Lipinski definition) is 4. The molecule has 3 aromatic rings. The first-order chi connectivity index (χ1) is 16.1. The first-order valence-corrected chi connectivity index (χ1v) is 11.8. The Hall–Kier alpha value is -3.19. The second-order valence-corrected chi connectivity index (χ2v) is 9.05. The molecule has 1 aliphatic heterocycles. The van der Waals surface area contributed by atoms with Gasteiger partial charge < -0.3 is 19.9 Å². The molecule has 1 fully saturated rings. The highest BCUT2D eigenvalue weighted by molar-refractivity contribution is 6.02. The summed E-state index contributed by atoms with van der Waals surface area (Å²) in [5.41, 5.74) is 2.75. The number of ether oxygens (including phenoxy) is 1. The van der Waals surface area contributed by atoms with Crippen LogP contribution in [-0.4, -0.2) is 52.5 Å². The second kappa shape index (κ2) is 8.98. The molecular formula is C26H30N4O3. The number of amides is 2. The second-order valence-electron chi connectivity index (χ2n) is 9.05. The molecule has 0 saturated heterocycles. The van der Waals surface area contributed by atoms with Gasteiger partial charge in [0, 0.05) is 19.2 Å². The van der Waals surface area contributed by atoms with E-state index < -0.39 is 11.5 Å².